The third-order valence-corrected chi connectivity index (χ3v) is 4.26. The summed E-state index contributed by atoms with van der Waals surface area (Å²) in [5.74, 6) is 0.996. The molecule has 1 amide bonds. The lowest BCUT2D eigenvalue weighted by molar-refractivity contribution is 0.0911. The predicted octanol–water partition coefficient (Wildman–Crippen LogP) is 3.65. The molecule has 0 saturated carbocycles. The molecule has 2 rings (SSSR count). The van der Waals surface area contributed by atoms with Crippen LogP contribution in [-0.2, 0) is 6.61 Å². The molecule has 1 aromatic carbocycles. The fourth-order valence-corrected chi connectivity index (χ4v) is 2.40. The molecular formula is C17H22N2O3S. The van der Waals surface area contributed by atoms with Crippen molar-refractivity contribution in [2.24, 2.45) is 0 Å². The second-order valence-electron chi connectivity index (χ2n) is 5.83. The second kappa shape index (κ2) is 7.46. The molecule has 0 aliphatic rings. The van der Waals surface area contributed by atoms with Gasteiger partial charge in [-0.2, -0.15) is 0 Å². The highest BCUT2D eigenvalue weighted by Gasteiger charge is 2.20. The van der Waals surface area contributed by atoms with Gasteiger partial charge in [0, 0.05) is 16.5 Å². The first-order valence-electron chi connectivity index (χ1n) is 7.45. The third-order valence-electron chi connectivity index (χ3n) is 3.62. The number of carbonyl (C=O) groups is 1. The Kier molecular flexibility index (Phi) is 5.60. The zero-order valence-electron chi connectivity index (χ0n) is 13.9. The maximum atomic E-state index is 12.3. The van der Waals surface area contributed by atoms with Crippen LogP contribution in [0.3, 0.4) is 0 Å². The Labute approximate surface area is 140 Å². The Bertz CT molecular complexity index is 654. The van der Waals surface area contributed by atoms with Crippen molar-refractivity contribution in [1.82, 2.24) is 10.3 Å². The van der Waals surface area contributed by atoms with E-state index in [9.17, 15) is 4.79 Å². The molecule has 1 heterocycles. The number of rotatable bonds is 7. The van der Waals surface area contributed by atoms with Crippen molar-refractivity contribution in [3.63, 3.8) is 0 Å². The summed E-state index contributed by atoms with van der Waals surface area (Å²) in [6.45, 7) is 6.39. The van der Waals surface area contributed by atoms with Crippen molar-refractivity contribution in [3.05, 3.63) is 40.3 Å². The first kappa shape index (κ1) is 17.3. The first-order valence-corrected chi connectivity index (χ1v) is 8.40. The first-order chi connectivity index (χ1) is 10.9. The maximum Gasteiger partial charge on any atom is 0.251 e. The minimum absolute atomic E-state index is 0.124. The van der Waals surface area contributed by atoms with Gasteiger partial charge in [-0.1, -0.05) is 6.92 Å². The van der Waals surface area contributed by atoms with Gasteiger partial charge in [0.25, 0.3) is 5.91 Å². The van der Waals surface area contributed by atoms with Gasteiger partial charge >= 0.3 is 0 Å². The van der Waals surface area contributed by atoms with E-state index in [0.29, 0.717) is 23.7 Å². The van der Waals surface area contributed by atoms with Gasteiger partial charge in [-0.05, 0) is 38.5 Å². The van der Waals surface area contributed by atoms with Gasteiger partial charge in [-0.15, -0.1) is 11.3 Å². The van der Waals surface area contributed by atoms with E-state index in [1.165, 1.54) is 11.3 Å². The molecule has 0 radical (unpaired) electrons. The molecular weight excluding hydrogens is 312 g/mol. The normalized spacial score (nSPS) is 11.1. The number of amides is 1. The molecule has 1 aromatic heterocycles. The maximum absolute atomic E-state index is 12.3. The van der Waals surface area contributed by atoms with E-state index in [-0.39, 0.29) is 11.4 Å². The summed E-state index contributed by atoms with van der Waals surface area (Å²) < 4.78 is 11.1. The zero-order chi connectivity index (χ0) is 16.9. The molecule has 0 bridgehead atoms. The Morgan fingerprint density at radius 1 is 1.35 bits per heavy atom. The standard InChI is InChI=1S/C17H22N2O3S/c1-5-17(2,3)19-16(20)12-6-7-14(15(8-12)21-4)22-9-13-10-23-11-18-13/h6-8,10-11H,5,9H2,1-4H3,(H,19,20). The Morgan fingerprint density at radius 3 is 2.74 bits per heavy atom. The van der Waals surface area contributed by atoms with Crippen LogP contribution < -0.4 is 14.8 Å². The van der Waals surface area contributed by atoms with Gasteiger partial charge in [0.05, 0.1) is 18.3 Å². The fourth-order valence-electron chi connectivity index (χ4n) is 1.86. The summed E-state index contributed by atoms with van der Waals surface area (Å²) in [7, 11) is 1.56. The van der Waals surface area contributed by atoms with Crippen molar-refractivity contribution in [1.29, 1.82) is 0 Å². The highest BCUT2D eigenvalue weighted by Crippen LogP contribution is 2.29. The molecule has 0 spiro atoms. The topological polar surface area (TPSA) is 60.5 Å². The summed E-state index contributed by atoms with van der Waals surface area (Å²) >= 11 is 1.52. The van der Waals surface area contributed by atoms with Gasteiger partial charge in [0.2, 0.25) is 0 Å². The summed E-state index contributed by atoms with van der Waals surface area (Å²) in [5.41, 5.74) is 2.93. The average Bonchev–Trinajstić information content (AvgIpc) is 3.05. The Hall–Kier alpha value is -2.08. The molecule has 124 valence electrons. The van der Waals surface area contributed by atoms with E-state index in [1.54, 1.807) is 30.8 Å². The highest BCUT2D eigenvalue weighted by atomic mass is 32.1. The molecule has 0 fully saturated rings. The third kappa shape index (κ3) is 4.69. The molecule has 0 unspecified atom stereocenters. The predicted molar refractivity (Wildman–Crippen MR) is 91.3 cm³/mol. The minimum Gasteiger partial charge on any atom is -0.493 e. The van der Waals surface area contributed by atoms with Crippen molar-refractivity contribution in [3.8, 4) is 11.5 Å². The lowest BCUT2D eigenvalue weighted by Gasteiger charge is -2.24. The van der Waals surface area contributed by atoms with Gasteiger partial charge in [-0.25, -0.2) is 4.98 Å². The van der Waals surface area contributed by atoms with Crippen LogP contribution in [0.2, 0.25) is 0 Å². The fraction of sp³-hybridized carbons (Fsp3) is 0.412. The minimum atomic E-state index is -0.246. The number of methoxy groups -OCH3 is 1. The highest BCUT2D eigenvalue weighted by molar-refractivity contribution is 7.07. The molecule has 2 aromatic rings. The van der Waals surface area contributed by atoms with Crippen LogP contribution in [0, 0.1) is 0 Å². The van der Waals surface area contributed by atoms with Crippen LogP contribution in [0.5, 0.6) is 11.5 Å². The molecule has 23 heavy (non-hydrogen) atoms. The van der Waals surface area contributed by atoms with Crippen LogP contribution in [0.25, 0.3) is 0 Å². The van der Waals surface area contributed by atoms with Crippen molar-refractivity contribution in [2.45, 2.75) is 39.3 Å². The number of aromatic nitrogens is 1. The number of nitrogens with zero attached hydrogens (tertiary/aromatic N) is 1. The molecule has 0 saturated heterocycles. The van der Waals surface area contributed by atoms with E-state index >= 15 is 0 Å². The molecule has 6 heteroatoms. The number of nitrogens with one attached hydrogen (secondary N) is 1. The quantitative estimate of drug-likeness (QED) is 0.839. The van der Waals surface area contributed by atoms with Crippen molar-refractivity contribution < 1.29 is 14.3 Å². The Balaban J connectivity index is 2.10. The van der Waals surface area contributed by atoms with Crippen LogP contribution in [0.4, 0.5) is 0 Å². The zero-order valence-corrected chi connectivity index (χ0v) is 14.7. The number of thiazole rings is 1. The molecule has 1 N–H and O–H groups in total. The lowest BCUT2D eigenvalue weighted by atomic mass is 10.0. The number of carbonyl (C=O) groups excluding carboxylic acids is 1. The Morgan fingerprint density at radius 2 is 2.13 bits per heavy atom. The molecule has 0 aliphatic heterocycles. The van der Waals surface area contributed by atoms with Crippen molar-refractivity contribution in [2.75, 3.05) is 7.11 Å². The summed E-state index contributed by atoms with van der Waals surface area (Å²) in [6.07, 6.45) is 0.852. The smallest absolute Gasteiger partial charge is 0.251 e. The van der Waals surface area contributed by atoms with Gasteiger partial charge in [0.1, 0.15) is 6.61 Å². The average molecular weight is 334 g/mol. The summed E-state index contributed by atoms with van der Waals surface area (Å²) in [6, 6.07) is 5.18. The van der Waals surface area contributed by atoms with Crippen LogP contribution in [-0.4, -0.2) is 23.5 Å². The van der Waals surface area contributed by atoms with E-state index in [0.717, 1.165) is 12.1 Å². The number of hydrogen-bond donors (Lipinski definition) is 1. The van der Waals surface area contributed by atoms with E-state index in [1.807, 2.05) is 26.2 Å². The molecule has 0 atom stereocenters. The van der Waals surface area contributed by atoms with E-state index in [2.05, 4.69) is 10.3 Å². The number of ether oxygens (including phenoxy) is 2. The molecule has 0 aliphatic carbocycles. The lowest BCUT2D eigenvalue weighted by Crippen LogP contribution is -2.42. The molecule has 5 nitrogen and oxygen atoms in total. The van der Waals surface area contributed by atoms with Gasteiger partial charge in [0.15, 0.2) is 11.5 Å². The van der Waals surface area contributed by atoms with Crippen LogP contribution in [0.15, 0.2) is 29.1 Å². The van der Waals surface area contributed by atoms with Crippen LogP contribution >= 0.6 is 11.3 Å². The monoisotopic (exact) mass is 334 g/mol. The van der Waals surface area contributed by atoms with Crippen LogP contribution in [0.1, 0.15) is 43.2 Å². The van der Waals surface area contributed by atoms with E-state index < -0.39 is 0 Å². The SMILES string of the molecule is CCC(C)(C)NC(=O)c1ccc(OCc2cscn2)c(OC)c1. The number of benzene rings is 1. The van der Waals surface area contributed by atoms with Crippen molar-refractivity contribution >= 4 is 17.2 Å². The second-order valence-corrected chi connectivity index (χ2v) is 6.54. The van der Waals surface area contributed by atoms with Gasteiger partial charge in [-0.3, -0.25) is 4.79 Å². The number of hydrogen-bond acceptors (Lipinski definition) is 5. The van der Waals surface area contributed by atoms with Gasteiger partial charge < -0.3 is 14.8 Å². The summed E-state index contributed by atoms with van der Waals surface area (Å²) in [5, 5.41) is 4.94. The summed E-state index contributed by atoms with van der Waals surface area (Å²) in [4.78, 5) is 16.5. The van der Waals surface area contributed by atoms with E-state index in [4.69, 9.17) is 9.47 Å². The largest absolute Gasteiger partial charge is 0.493 e.